The van der Waals surface area contributed by atoms with E-state index in [1.165, 1.54) is 30.3 Å². The quantitative estimate of drug-likeness (QED) is 0.560. The molecular formula is C23H31FN2O4S. The summed E-state index contributed by atoms with van der Waals surface area (Å²) in [5, 5.41) is 12.9. The molecule has 0 aliphatic carbocycles. The van der Waals surface area contributed by atoms with Gasteiger partial charge in [0.2, 0.25) is 0 Å². The fourth-order valence-corrected chi connectivity index (χ4v) is 4.29. The summed E-state index contributed by atoms with van der Waals surface area (Å²) in [6, 6.07) is 8.74. The van der Waals surface area contributed by atoms with Crippen molar-refractivity contribution < 1.29 is 22.7 Å². The maximum atomic E-state index is 14.4. The fraction of sp³-hybridized carbons (Fsp3) is 0.435. The summed E-state index contributed by atoms with van der Waals surface area (Å²) in [7, 11) is -4.08. The molecule has 1 amide bonds. The summed E-state index contributed by atoms with van der Waals surface area (Å²) in [6.07, 6.45) is 0. The van der Waals surface area contributed by atoms with Crippen molar-refractivity contribution in [1.82, 2.24) is 4.72 Å². The van der Waals surface area contributed by atoms with E-state index in [1.807, 2.05) is 32.4 Å². The van der Waals surface area contributed by atoms with Gasteiger partial charge in [0.15, 0.2) is 0 Å². The summed E-state index contributed by atoms with van der Waals surface area (Å²) < 4.78 is 41.5. The van der Waals surface area contributed by atoms with Gasteiger partial charge in [0.25, 0.3) is 15.9 Å². The van der Waals surface area contributed by atoms with Crippen LogP contribution in [-0.4, -0.2) is 26.0 Å². The van der Waals surface area contributed by atoms with Crippen LogP contribution in [-0.2, 0) is 20.4 Å². The number of hydrogen-bond donors (Lipinski definition) is 3. The molecule has 6 nitrogen and oxygen atoms in total. The molecule has 0 unspecified atom stereocenters. The molecule has 0 fully saturated rings. The lowest BCUT2D eigenvalue weighted by Gasteiger charge is -2.21. The Balaban J connectivity index is 2.19. The third kappa shape index (κ3) is 6.04. The second-order valence-electron chi connectivity index (χ2n) is 8.70. The average Bonchev–Trinajstić information content (AvgIpc) is 2.64. The number of aliphatic hydroxyl groups is 1. The van der Waals surface area contributed by atoms with E-state index in [9.17, 15) is 22.7 Å². The SMILES string of the molecule is CC(C)c1ccc(F)c(C(C)C)c1NCC(=O)NS(=O)(=O)c1ccc(C(C)(C)O)cc1. The summed E-state index contributed by atoms with van der Waals surface area (Å²) in [5.74, 6) is -1.17. The van der Waals surface area contributed by atoms with Gasteiger partial charge in [-0.05, 0) is 55.0 Å². The van der Waals surface area contributed by atoms with E-state index in [0.29, 0.717) is 16.8 Å². The molecule has 0 aromatic heterocycles. The van der Waals surface area contributed by atoms with Crippen LogP contribution in [0.4, 0.5) is 10.1 Å². The minimum absolute atomic E-state index is 0.0849. The predicted octanol–water partition coefficient (Wildman–Crippen LogP) is 4.22. The molecule has 0 atom stereocenters. The summed E-state index contributed by atoms with van der Waals surface area (Å²) in [6.45, 7) is 10.5. The summed E-state index contributed by atoms with van der Waals surface area (Å²) in [4.78, 5) is 12.3. The van der Waals surface area contributed by atoms with Gasteiger partial charge in [-0.2, -0.15) is 0 Å². The van der Waals surface area contributed by atoms with Gasteiger partial charge < -0.3 is 10.4 Å². The van der Waals surface area contributed by atoms with E-state index in [2.05, 4.69) is 5.32 Å². The van der Waals surface area contributed by atoms with Crippen molar-refractivity contribution in [1.29, 1.82) is 0 Å². The molecule has 3 N–H and O–H groups in total. The Bertz CT molecular complexity index is 1040. The number of anilines is 1. The van der Waals surface area contributed by atoms with Gasteiger partial charge in [-0.25, -0.2) is 17.5 Å². The van der Waals surface area contributed by atoms with Gasteiger partial charge in [-0.3, -0.25) is 4.79 Å². The van der Waals surface area contributed by atoms with Crippen molar-refractivity contribution in [3.05, 3.63) is 58.9 Å². The van der Waals surface area contributed by atoms with Crippen molar-refractivity contribution >= 4 is 21.6 Å². The Morgan fingerprint density at radius 2 is 1.61 bits per heavy atom. The third-order valence-corrected chi connectivity index (χ3v) is 6.36. The van der Waals surface area contributed by atoms with Crippen LogP contribution in [0, 0.1) is 5.82 Å². The van der Waals surface area contributed by atoms with Gasteiger partial charge >= 0.3 is 0 Å². The highest BCUT2D eigenvalue weighted by Crippen LogP contribution is 2.34. The lowest BCUT2D eigenvalue weighted by Crippen LogP contribution is -2.35. The van der Waals surface area contributed by atoms with Crippen LogP contribution in [0.3, 0.4) is 0 Å². The Morgan fingerprint density at radius 1 is 1.03 bits per heavy atom. The molecule has 31 heavy (non-hydrogen) atoms. The number of nitrogens with one attached hydrogen (secondary N) is 2. The molecule has 2 aromatic rings. The van der Waals surface area contributed by atoms with Gasteiger partial charge in [-0.15, -0.1) is 0 Å². The summed E-state index contributed by atoms with van der Waals surface area (Å²) in [5.41, 5.74) is 1.27. The highest BCUT2D eigenvalue weighted by molar-refractivity contribution is 7.90. The molecule has 0 saturated carbocycles. The van der Waals surface area contributed by atoms with Crippen molar-refractivity contribution in [2.45, 2.75) is 63.9 Å². The summed E-state index contributed by atoms with van der Waals surface area (Å²) >= 11 is 0. The molecule has 2 aromatic carbocycles. The minimum atomic E-state index is -4.08. The standard InChI is InChI=1S/C23H31FN2O4S/c1-14(2)18-11-12-19(24)21(15(3)4)22(18)25-13-20(27)26-31(29,30)17-9-7-16(8-10-17)23(5,6)28/h7-12,14-15,25,28H,13H2,1-6H3,(H,26,27). The Kier molecular flexibility index (Phi) is 7.49. The lowest BCUT2D eigenvalue weighted by atomic mass is 9.92. The first kappa shape index (κ1) is 24.8. The molecule has 0 spiro atoms. The van der Waals surface area contributed by atoms with Crippen molar-refractivity contribution in [3.8, 4) is 0 Å². The maximum absolute atomic E-state index is 14.4. The van der Waals surface area contributed by atoms with Crippen LogP contribution in [0.15, 0.2) is 41.3 Å². The molecule has 0 radical (unpaired) electrons. The first-order chi connectivity index (χ1) is 14.2. The number of rotatable bonds is 8. The van der Waals surface area contributed by atoms with Gasteiger partial charge in [0.05, 0.1) is 17.0 Å². The number of benzene rings is 2. The molecule has 0 bridgehead atoms. The van der Waals surface area contributed by atoms with E-state index in [1.54, 1.807) is 19.9 Å². The highest BCUT2D eigenvalue weighted by atomic mass is 32.2. The van der Waals surface area contributed by atoms with Crippen molar-refractivity contribution in [2.75, 3.05) is 11.9 Å². The van der Waals surface area contributed by atoms with Crippen LogP contribution in [0.5, 0.6) is 0 Å². The molecule has 0 saturated heterocycles. The number of halogens is 1. The molecule has 0 heterocycles. The fourth-order valence-electron chi connectivity index (χ4n) is 3.31. The molecule has 170 valence electrons. The second kappa shape index (κ2) is 9.36. The van der Waals surface area contributed by atoms with E-state index >= 15 is 0 Å². The molecule has 8 heteroatoms. The van der Waals surface area contributed by atoms with Gasteiger partial charge in [0, 0.05) is 11.3 Å². The van der Waals surface area contributed by atoms with E-state index in [0.717, 1.165) is 5.56 Å². The first-order valence-corrected chi connectivity index (χ1v) is 11.7. The van der Waals surface area contributed by atoms with Crippen molar-refractivity contribution in [3.63, 3.8) is 0 Å². The van der Waals surface area contributed by atoms with Crippen LogP contribution < -0.4 is 10.0 Å². The average molecular weight is 451 g/mol. The Labute approximate surface area is 183 Å². The van der Waals surface area contributed by atoms with E-state index in [-0.39, 0.29) is 29.1 Å². The number of hydrogen-bond acceptors (Lipinski definition) is 5. The van der Waals surface area contributed by atoms with Crippen LogP contribution >= 0.6 is 0 Å². The largest absolute Gasteiger partial charge is 0.386 e. The van der Waals surface area contributed by atoms with Gasteiger partial charge in [-0.1, -0.05) is 45.9 Å². The number of sulfonamides is 1. The highest BCUT2D eigenvalue weighted by Gasteiger charge is 2.22. The Hall–Kier alpha value is -2.45. The lowest BCUT2D eigenvalue weighted by molar-refractivity contribution is -0.117. The number of amides is 1. The number of carbonyl (C=O) groups is 1. The van der Waals surface area contributed by atoms with E-state index in [4.69, 9.17) is 0 Å². The Morgan fingerprint density at radius 3 is 2.10 bits per heavy atom. The third-order valence-electron chi connectivity index (χ3n) is 4.97. The zero-order chi connectivity index (χ0) is 23.6. The first-order valence-electron chi connectivity index (χ1n) is 10.2. The zero-order valence-corrected chi connectivity index (χ0v) is 19.6. The van der Waals surface area contributed by atoms with Crippen LogP contribution in [0.25, 0.3) is 0 Å². The van der Waals surface area contributed by atoms with Crippen molar-refractivity contribution in [2.24, 2.45) is 0 Å². The normalized spacial score (nSPS) is 12.3. The maximum Gasteiger partial charge on any atom is 0.264 e. The topological polar surface area (TPSA) is 95.5 Å². The molecule has 0 aliphatic heterocycles. The van der Waals surface area contributed by atoms with Crippen LogP contribution in [0.1, 0.15) is 70.1 Å². The number of carbonyl (C=O) groups excluding carboxylic acids is 1. The van der Waals surface area contributed by atoms with Gasteiger partial charge in [0.1, 0.15) is 5.82 Å². The molecular weight excluding hydrogens is 419 g/mol. The smallest absolute Gasteiger partial charge is 0.264 e. The van der Waals surface area contributed by atoms with E-state index < -0.39 is 21.5 Å². The molecule has 2 rings (SSSR count). The van der Waals surface area contributed by atoms with Crippen LogP contribution in [0.2, 0.25) is 0 Å². The predicted molar refractivity (Wildman–Crippen MR) is 120 cm³/mol. The zero-order valence-electron chi connectivity index (χ0n) is 18.8. The molecule has 0 aliphatic rings. The monoisotopic (exact) mass is 450 g/mol. The second-order valence-corrected chi connectivity index (χ2v) is 10.4. The minimum Gasteiger partial charge on any atom is -0.386 e.